The summed E-state index contributed by atoms with van der Waals surface area (Å²) >= 11 is 3.29. The maximum absolute atomic E-state index is 13.0. The van der Waals surface area contributed by atoms with Crippen LogP contribution in [0.3, 0.4) is 0 Å². The Balaban J connectivity index is 1.78. The lowest BCUT2D eigenvalue weighted by molar-refractivity contribution is -0.142. The number of rotatable bonds is 3. The Hall–Kier alpha value is -1.83. The number of carbonyl (C=O) groups is 1. The number of benzene rings is 1. The number of aromatic nitrogens is 2. The SMILES string of the molecule is O=C(Cn1nc(C(F)(F)F)c2c1CCC2)Nc1ccc(Br)cc1. The van der Waals surface area contributed by atoms with Crippen molar-refractivity contribution in [2.75, 3.05) is 5.32 Å². The first-order valence-electron chi connectivity index (χ1n) is 7.06. The van der Waals surface area contributed by atoms with Gasteiger partial charge in [0, 0.05) is 21.4 Å². The monoisotopic (exact) mass is 387 g/mol. The summed E-state index contributed by atoms with van der Waals surface area (Å²) in [4.78, 5) is 12.1. The van der Waals surface area contributed by atoms with Gasteiger partial charge in [-0.05, 0) is 43.5 Å². The van der Waals surface area contributed by atoms with Gasteiger partial charge in [-0.2, -0.15) is 18.3 Å². The van der Waals surface area contributed by atoms with Gasteiger partial charge in [0.2, 0.25) is 5.91 Å². The number of nitrogens with one attached hydrogen (secondary N) is 1. The first-order chi connectivity index (χ1) is 10.8. The van der Waals surface area contributed by atoms with Crippen LogP contribution < -0.4 is 5.32 Å². The van der Waals surface area contributed by atoms with E-state index in [2.05, 4.69) is 26.3 Å². The predicted octanol–water partition coefficient (Wildman–Crippen LogP) is 3.79. The number of carbonyl (C=O) groups excluding carboxylic acids is 1. The van der Waals surface area contributed by atoms with Gasteiger partial charge in [-0.25, -0.2) is 0 Å². The number of hydrogen-bond acceptors (Lipinski definition) is 2. The van der Waals surface area contributed by atoms with Crippen molar-refractivity contribution in [2.45, 2.75) is 32.0 Å². The molecule has 8 heteroatoms. The highest BCUT2D eigenvalue weighted by molar-refractivity contribution is 9.10. The summed E-state index contributed by atoms with van der Waals surface area (Å²) in [5.74, 6) is -0.404. The molecule has 122 valence electrons. The Bertz CT molecular complexity index is 738. The predicted molar refractivity (Wildman–Crippen MR) is 82.0 cm³/mol. The first kappa shape index (κ1) is 16.0. The van der Waals surface area contributed by atoms with Crippen molar-refractivity contribution in [3.05, 3.63) is 45.7 Å². The molecule has 0 bridgehead atoms. The fourth-order valence-corrected chi connectivity index (χ4v) is 3.00. The molecule has 1 aliphatic rings. The van der Waals surface area contributed by atoms with E-state index in [-0.39, 0.29) is 12.1 Å². The van der Waals surface area contributed by atoms with E-state index in [0.717, 1.165) is 4.47 Å². The molecular weight excluding hydrogens is 375 g/mol. The Morgan fingerprint density at radius 2 is 1.96 bits per heavy atom. The number of halogens is 4. The van der Waals surface area contributed by atoms with Gasteiger partial charge in [-0.3, -0.25) is 9.48 Å². The van der Waals surface area contributed by atoms with Gasteiger partial charge >= 0.3 is 6.18 Å². The lowest BCUT2D eigenvalue weighted by Gasteiger charge is -2.08. The molecule has 3 rings (SSSR count). The van der Waals surface area contributed by atoms with Crippen LogP contribution >= 0.6 is 15.9 Å². The highest BCUT2D eigenvalue weighted by Crippen LogP contribution is 2.36. The first-order valence-corrected chi connectivity index (χ1v) is 7.85. The van der Waals surface area contributed by atoms with Gasteiger partial charge in [-0.1, -0.05) is 15.9 Å². The summed E-state index contributed by atoms with van der Waals surface area (Å²) in [6.45, 7) is -0.228. The van der Waals surface area contributed by atoms with E-state index in [4.69, 9.17) is 0 Å². The molecule has 0 fully saturated rings. The molecule has 0 radical (unpaired) electrons. The van der Waals surface area contributed by atoms with Crippen LogP contribution in [0.25, 0.3) is 0 Å². The highest BCUT2D eigenvalue weighted by atomic mass is 79.9. The average Bonchev–Trinajstić information content (AvgIpc) is 3.04. The van der Waals surface area contributed by atoms with Crippen molar-refractivity contribution in [3.63, 3.8) is 0 Å². The quantitative estimate of drug-likeness (QED) is 0.870. The smallest absolute Gasteiger partial charge is 0.324 e. The number of alkyl halides is 3. The lowest BCUT2D eigenvalue weighted by Crippen LogP contribution is -2.21. The van der Waals surface area contributed by atoms with E-state index in [9.17, 15) is 18.0 Å². The van der Waals surface area contributed by atoms with Crippen LogP contribution in [0.1, 0.15) is 23.4 Å². The van der Waals surface area contributed by atoms with Gasteiger partial charge in [0.1, 0.15) is 6.54 Å². The van der Waals surface area contributed by atoms with Crippen LogP contribution in [0, 0.1) is 0 Å². The van der Waals surface area contributed by atoms with Crippen molar-refractivity contribution in [1.82, 2.24) is 9.78 Å². The number of anilines is 1. The van der Waals surface area contributed by atoms with Crippen LogP contribution in [0.4, 0.5) is 18.9 Å². The largest absolute Gasteiger partial charge is 0.435 e. The summed E-state index contributed by atoms with van der Waals surface area (Å²) in [7, 11) is 0. The van der Waals surface area contributed by atoms with Gasteiger partial charge < -0.3 is 5.32 Å². The Morgan fingerprint density at radius 1 is 1.26 bits per heavy atom. The van der Waals surface area contributed by atoms with Crippen molar-refractivity contribution in [2.24, 2.45) is 0 Å². The van der Waals surface area contributed by atoms with E-state index >= 15 is 0 Å². The molecule has 1 aromatic heterocycles. The molecule has 1 amide bonds. The molecule has 0 aliphatic heterocycles. The number of hydrogen-bond donors (Lipinski definition) is 1. The standard InChI is InChI=1S/C15H13BrF3N3O/c16-9-4-6-10(7-5-9)20-13(23)8-22-12-3-1-2-11(12)14(21-22)15(17,18)19/h4-7H,1-3,8H2,(H,20,23). The summed E-state index contributed by atoms with van der Waals surface area (Å²) in [6, 6.07) is 6.94. The van der Waals surface area contributed by atoms with Crippen molar-refractivity contribution >= 4 is 27.5 Å². The van der Waals surface area contributed by atoms with Gasteiger partial charge in [0.25, 0.3) is 0 Å². The normalized spacial score (nSPS) is 13.9. The molecule has 23 heavy (non-hydrogen) atoms. The molecule has 0 atom stereocenters. The number of amides is 1. The minimum Gasteiger partial charge on any atom is -0.324 e. The second-order valence-electron chi connectivity index (χ2n) is 5.34. The summed E-state index contributed by atoms with van der Waals surface area (Å²) < 4.78 is 41.0. The molecule has 0 saturated carbocycles. The Morgan fingerprint density at radius 3 is 2.61 bits per heavy atom. The maximum atomic E-state index is 13.0. The third-order valence-corrected chi connectivity index (χ3v) is 4.23. The number of nitrogens with zero attached hydrogens (tertiary/aromatic N) is 2. The molecular formula is C15H13BrF3N3O. The summed E-state index contributed by atoms with van der Waals surface area (Å²) in [5, 5.41) is 6.28. The molecule has 2 aromatic rings. The van der Waals surface area contributed by atoms with Crippen LogP contribution in [-0.2, 0) is 30.4 Å². The van der Waals surface area contributed by atoms with Gasteiger partial charge in [0.05, 0.1) is 0 Å². The summed E-state index contributed by atoms with van der Waals surface area (Å²) in [6.07, 6.45) is -2.95. The Kier molecular flexibility index (Phi) is 4.18. The van der Waals surface area contributed by atoms with E-state index in [1.165, 1.54) is 4.68 Å². The average molecular weight is 388 g/mol. The molecule has 4 nitrogen and oxygen atoms in total. The highest BCUT2D eigenvalue weighted by Gasteiger charge is 2.40. The fraction of sp³-hybridized carbons (Fsp3) is 0.333. The topological polar surface area (TPSA) is 46.9 Å². The zero-order valence-corrected chi connectivity index (χ0v) is 13.5. The van der Waals surface area contributed by atoms with Crippen LogP contribution in [0.5, 0.6) is 0 Å². The van der Waals surface area contributed by atoms with Crippen molar-refractivity contribution in [3.8, 4) is 0 Å². The Labute approximate surface area is 138 Å². The fourth-order valence-electron chi connectivity index (χ4n) is 2.74. The van der Waals surface area contributed by atoms with Crippen molar-refractivity contribution in [1.29, 1.82) is 0 Å². The third-order valence-electron chi connectivity index (χ3n) is 3.70. The zero-order valence-electron chi connectivity index (χ0n) is 12.0. The van der Waals surface area contributed by atoms with E-state index in [1.54, 1.807) is 24.3 Å². The lowest BCUT2D eigenvalue weighted by atomic mass is 10.2. The van der Waals surface area contributed by atoms with E-state index < -0.39 is 17.8 Å². The minimum absolute atomic E-state index is 0.228. The zero-order chi connectivity index (χ0) is 16.6. The number of fused-ring (bicyclic) bond motifs is 1. The third kappa shape index (κ3) is 3.41. The second-order valence-corrected chi connectivity index (χ2v) is 6.25. The minimum atomic E-state index is -4.48. The maximum Gasteiger partial charge on any atom is 0.435 e. The molecule has 1 N–H and O–H groups in total. The van der Waals surface area contributed by atoms with Gasteiger partial charge in [0.15, 0.2) is 5.69 Å². The van der Waals surface area contributed by atoms with Crippen LogP contribution in [-0.4, -0.2) is 15.7 Å². The van der Waals surface area contributed by atoms with E-state index in [0.29, 0.717) is 30.6 Å². The molecule has 1 heterocycles. The van der Waals surface area contributed by atoms with Crippen molar-refractivity contribution < 1.29 is 18.0 Å². The molecule has 1 aromatic carbocycles. The summed E-state index contributed by atoms with van der Waals surface area (Å²) in [5.41, 5.74) is 0.469. The van der Waals surface area contributed by atoms with Gasteiger partial charge in [-0.15, -0.1) is 0 Å². The van der Waals surface area contributed by atoms with E-state index in [1.807, 2.05) is 0 Å². The molecule has 0 unspecified atom stereocenters. The molecule has 0 saturated heterocycles. The van der Waals surface area contributed by atoms with Crippen LogP contribution in [0.15, 0.2) is 28.7 Å². The van der Waals surface area contributed by atoms with Crippen LogP contribution in [0.2, 0.25) is 0 Å². The second kappa shape index (κ2) is 5.99. The molecule has 0 spiro atoms. The molecule has 1 aliphatic carbocycles.